The SMILES string of the molecule is O=C(O)C1=C(CSc2ccc3nnnn3n2)CS[C@H]2C(NC(=O)C(O)c3ccc(F)cc3)C(=O)N12. The van der Waals surface area contributed by atoms with Crippen LogP contribution in [0.25, 0.3) is 5.65 Å². The van der Waals surface area contributed by atoms with Crippen molar-refractivity contribution in [1.29, 1.82) is 0 Å². The number of carboxylic acid groups (broad SMARTS) is 1. The molecule has 4 heterocycles. The van der Waals surface area contributed by atoms with Crippen LogP contribution in [-0.4, -0.2) is 81.1 Å². The highest BCUT2D eigenvalue weighted by molar-refractivity contribution is 8.01. The van der Waals surface area contributed by atoms with E-state index < -0.39 is 41.1 Å². The molecule has 0 bridgehead atoms. The van der Waals surface area contributed by atoms with Gasteiger partial charge in [-0.1, -0.05) is 12.1 Å². The van der Waals surface area contributed by atoms with E-state index in [2.05, 4.69) is 25.9 Å². The average molecular weight is 518 g/mol. The van der Waals surface area contributed by atoms with Crippen molar-refractivity contribution >= 4 is 47.0 Å². The summed E-state index contributed by atoms with van der Waals surface area (Å²) in [5, 5.41) is 37.7. The zero-order valence-corrected chi connectivity index (χ0v) is 19.2. The van der Waals surface area contributed by atoms with Crippen LogP contribution in [0.1, 0.15) is 11.7 Å². The van der Waals surface area contributed by atoms with Gasteiger partial charge in [0, 0.05) is 11.5 Å². The monoisotopic (exact) mass is 517 g/mol. The van der Waals surface area contributed by atoms with Gasteiger partial charge in [-0.25, -0.2) is 9.18 Å². The minimum absolute atomic E-state index is 0.126. The molecule has 2 amide bonds. The maximum Gasteiger partial charge on any atom is 0.352 e. The Kier molecular flexibility index (Phi) is 6.12. The lowest BCUT2D eigenvalue weighted by molar-refractivity contribution is -0.151. The van der Waals surface area contributed by atoms with Crippen molar-refractivity contribution < 1.29 is 29.0 Å². The van der Waals surface area contributed by atoms with Crippen molar-refractivity contribution in [2.45, 2.75) is 22.5 Å². The largest absolute Gasteiger partial charge is 0.477 e. The lowest BCUT2D eigenvalue weighted by Gasteiger charge is -2.49. The predicted octanol–water partition coefficient (Wildman–Crippen LogP) is 0.223. The summed E-state index contributed by atoms with van der Waals surface area (Å²) < 4.78 is 14.4. The number of tetrazole rings is 1. The summed E-state index contributed by atoms with van der Waals surface area (Å²) in [6, 6.07) is 7.16. The first-order valence-corrected chi connectivity index (χ1v) is 12.2. The second-order valence-electron chi connectivity index (χ2n) is 7.59. The highest BCUT2D eigenvalue weighted by atomic mass is 32.2. The number of hydrogen-bond donors (Lipinski definition) is 3. The fraction of sp³-hybridized carbons (Fsp3) is 0.250. The fourth-order valence-corrected chi connectivity index (χ4v) is 6.03. The highest BCUT2D eigenvalue weighted by Crippen LogP contribution is 2.41. The number of halogens is 1. The van der Waals surface area contributed by atoms with E-state index in [9.17, 15) is 29.0 Å². The molecule has 1 aromatic carbocycles. The van der Waals surface area contributed by atoms with Crippen molar-refractivity contribution in [2.24, 2.45) is 0 Å². The minimum Gasteiger partial charge on any atom is -0.477 e. The number of nitrogens with one attached hydrogen (secondary N) is 1. The molecule has 3 N–H and O–H groups in total. The molecule has 1 saturated heterocycles. The standard InChI is InChI=1S/C20H16FN7O5S2/c21-11-3-1-9(2-4-11)16(29)17(30)22-14-18(31)27-15(20(32)33)10(8-35-19(14)27)7-34-13-6-5-12-23-25-26-28(12)24-13/h1-6,14,16,19,29H,7-8H2,(H,22,30)(H,32,33)/t14?,16?,19-/m0/s1. The van der Waals surface area contributed by atoms with E-state index in [1.54, 1.807) is 12.1 Å². The molecule has 3 aromatic rings. The molecule has 0 saturated carbocycles. The van der Waals surface area contributed by atoms with Gasteiger partial charge in [0.15, 0.2) is 11.8 Å². The second kappa shape index (κ2) is 9.24. The number of benzene rings is 1. The second-order valence-corrected chi connectivity index (χ2v) is 9.69. The average Bonchev–Trinajstić information content (AvgIpc) is 3.33. The summed E-state index contributed by atoms with van der Waals surface area (Å²) in [5.41, 5.74) is 1.05. The maximum atomic E-state index is 13.1. The summed E-state index contributed by atoms with van der Waals surface area (Å²) in [7, 11) is 0. The number of aliphatic carboxylic acids is 1. The number of nitrogens with zero attached hydrogens (tertiary/aromatic N) is 6. The molecule has 2 unspecified atom stereocenters. The predicted molar refractivity (Wildman–Crippen MR) is 120 cm³/mol. The number of carboxylic acids is 1. The highest BCUT2D eigenvalue weighted by Gasteiger charge is 2.54. The van der Waals surface area contributed by atoms with Crippen LogP contribution < -0.4 is 5.32 Å². The summed E-state index contributed by atoms with van der Waals surface area (Å²) in [4.78, 5) is 38.5. The lowest BCUT2D eigenvalue weighted by atomic mass is 10.0. The van der Waals surface area contributed by atoms with Crippen LogP contribution in [0.5, 0.6) is 0 Å². The first kappa shape index (κ1) is 23.2. The van der Waals surface area contributed by atoms with Crippen LogP contribution in [0.2, 0.25) is 0 Å². The van der Waals surface area contributed by atoms with Crippen LogP contribution in [0.15, 0.2) is 52.7 Å². The molecule has 15 heteroatoms. The Balaban J connectivity index is 1.28. The molecule has 3 atom stereocenters. The first-order chi connectivity index (χ1) is 16.8. The summed E-state index contributed by atoms with van der Waals surface area (Å²) in [6.45, 7) is 0. The van der Waals surface area contributed by atoms with Gasteiger partial charge in [0.05, 0.1) is 0 Å². The molecule has 12 nitrogen and oxygen atoms in total. The third kappa shape index (κ3) is 4.33. The molecule has 2 aliphatic heterocycles. The number of carbonyl (C=O) groups is 3. The number of rotatable bonds is 7. The third-order valence-electron chi connectivity index (χ3n) is 5.42. The van der Waals surface area contributed by atoms with Gasteiger partial charge < -0.3 is 15.5 Å². The Morgan fingerprint density at radius 3 is 2.77 bits per heavy atom. The number of thioether (sulfide) groups is 2. The van der Waals surface area contributed by atoms with Gasteiger partial charge in [-0.2, -0.15) is 0 Å². The number of aliphatic hydroxyl groups excluding tert-OH is 1. The van der Waals surface area contributed by atoms with Crippen molar-refractivity contribution in [3.05, 3.63) is 59.0 Å². The zero-order chi connectivity index (χ0) is 24.7. The van der Waals surface area contributed by atoms with Gasteiger partial charge in [0.1, 0.15) is 28.0 Å². The number of carbonyl (C=O) groups excluding carboxylic acids is 2. The molecule has 2 aromatic heterocycles. The van der Waals surface area contributed by atoms with Crippen LogP contribution >= 0.6 is 23.5 Å². The van der Waals surface area contributed by atoms with Crippen molar-refractivity contribution in [2.75, 3.05) is 11.5 Å². The van der Waals surface area contributed by atoms with E-state index in [1.165, 1.54) is 40.3 Å². The number of aliphatic hydroxyl groups is 1. The van der Waals surface area contributed by atoms with E-state index in [0.717, 1.165) is 17.0 Å². The fourth-order valence-electron chi connectivity index (χ4n) is 3.69. The van der Waals surface area contributed by atoms with Gasteiger partial charge in [-0.3, -0.25) is 14.5 Å². The molecule has 180 valence electrons. The first-order valence-electron chi connectivity index (χ1n) is 10.2. The van der Waals surface area contributed by atoms with Gasteiger partial charge in [-0.15, -0.1) is 38.4 Å². The molecular formula is C20H16FN7O5S2. The molecule has 5 rings (SSSR count). The summed E-state index contributed by atoms with van der Waals surface area (Å²) in [5.74, 6) is -2.59. The third-order valence-corrected chi connectivity index (χ3v) is 7.77. The Labute approximate surface area is 204 Å². The summed E-state index contributed by atoms with van der Waals surface area (Å²) >= 11 is 2.59. The lowest BCUT2D eigenvalue weighted by Crippen LogP contribution is -2.70. The summed E-state index contributed by atoms with van der Waals surface area (Å²) in [6.07, 6.45) is -1.60. The number of fused-ring (bicyclic) bond motifs is 2. The van der Waals surface area contributed by atoms with Crippen LogP contribution in [-0.2, 0) is 14.4 Å². The maximum absolute atomic E-state index is 13.1. The molecule has 1 fully saturated rings. The topological polar surface area (TPSA) is 163 Å². The van der Waals surface area contributed by atoms with Crippen LogP contribution in [0.3, 0.4) is 0 Å². The Hall–Kier alpha value is -3.56. The number of amides is 2. The molecule has 35 heavy (non-hydrogen) atoms. The van der Waals surface area contributed by atoms with Crippen molar-refractivity contribution in [3.63, 3.8) is 0 Å². The minimum atomic E-state index is -1.60. The Morgan fingerprint density at radius 2 is 2.03 bits per heavy atom. The van der Waals surface area contributed by atoms with Crippen LogP contribution in [0.4, 0.5) is 4.39 Å². The van der Waals surface area contributed by atoms with E-state index in [-0.39, 0.29) is 17.0 Å². The molecule has 0 spiro atoms. The number of aromatic nitrogens is 5. The number of hydrogen-bond acceptors (Lipinski definition) is 10. The molecule has 0 aliphatic carbocycles. The molecular weight excluding hydrogens is 501 g/mol. The molecule has 0 radical (unpaired) electrons. The van der Waals surface area contributed by atoms with Crippen LogP contribution in [0, 0.1) is 5.82 Å². The zero-order valence-electron chi connectivity index (χ0n) is 17.6. The normalized spacial score (nSPS) is 20.4. The van der Waals surface area contributed by atoms with Gasteiger partial charge in [0.25, 0.3) is 11.8 Å². The van der Waals surface area contributed by atoms with Gasteiger partial charge >= 0.3 is 5.97 Å². The van der Waals surface area contributed by atoms with E-state index in [4.69, 9.17) is 0 Å². The molecule has 2 aliphatic rings. The van der Waals surface area contributed by atoms with Gasteiger partial charge in [0.2, 0.25) is 0 Å². The van der Waals surface area contributed by atoms with Crippen molar-refractivity contribution in [3.8, 4) is 0 Å². The van der Waals surface area contributed by atoms with Gasteiger partial charge in [-0.05, 0) is 45.8 Å². The Morgan fingerprint density at radius 1 is 1.26 bits per heavy atom. The van der Waals surface area contributed by atoms with E-state index in [1.807, 2.05) is 0 Å². The van der Waals surface area contributed by atoms with E-state index in [0.29, 0.717) is 22.0 Å². The number of β-lactam (4-membered cyclic amide) rings is 1. The smallest absolute Gasteiger partial charge is 0.352 e. The quantitative estimate of drug-likeness (QED) is 0.290. The van der Waals surface area contributed by atoms with E-state index >= 15 is 0 Å². The Bertz CT molecular complexity index is 1370. The van der Waals surface area contributed by atoms with Crippen molar-refractivity contribution in [1.82, 2.24) is 35.5 Å².